The number of aromatic hydroxyl groups is 1. The number of phenols is 1. The van der Waals surface area contributed by atoms with Gasteiger partial charge in [-0.25, -0.2) is 0 Å². The van der Waals surface area contributed by atoms with E-state index in [1.165, 1.54) is 17.0 Å². The molecule has 2 aromatic carbocycles. The molecule has 2 aliphatic rings. The number of rotatable bonds is 7. The molecule has 8 heteroatoms. The standard InChI is InChI=1S/C25H28N2O6/c1-32-20-8-6-17(7-9-20)23(29)21-22(18-4-2-5-19(28)16-18)27(25(31)24(21)30)11-3-10-26-12-14-33-15-13-26/h2,4-9,16,22,28-29H,3,10-15H2,1H3. The van der Waals surface area contributed by atoms with Crippen LogP contribution in [-0.4, -0.2) is 78.2 Å². The number of hydrogen-bond acceptors (Lipinski definition) is 7. The van der Waals surface area contributed by atoms with Crippen LogP contribution in [0, 0.1) is 0 Å². The third-order valence-corrected chi connectivity index (χ3v) is 6.07. The number of morpholine rings is 1. The zero-order valence-electron chi connectivity index (χ0n) is 18.6. The van der Waals surface area contributed by atoms with Gasteiger partial charge in [-0.1, -0.05) is 12.1 Å². The Morgan fingerprint density at radius 1 is 1.09 bits per heavy atom. The highest BCUT2D eigenvalue weighted by molar-refractivity contribution is 6.46. The predicted molar refractivity (Wildman–Crippen MR) is 122 cm³/mol. The lowest BCUT2D eigenvalue weighted by Crippen LogP contribution is -2.38. The fourth-order valence-corrected chi connectivity index (χ4v) is 4.35. The van der Waals surface area contributed by atoms with Crippen molar-refractivity contribution in [1.29, 1.82) is 0 Å². The van der Waals surface area contributed by atoms with Gasteiger partial charge in [0.2, 0.25) is 0 Å². The van der Waals surface area contributed by atoms with Crippen molar-refractivity contribution < 1.29 is 29.3 Å². The Morgan fingerprint density at radius 3 is 2.48 bits per heavy atom. The van der Waals surface area contributed by atoms with Gasteiger partial charge in [-0.3, -0.25) is 14.5 Å². The number of carbonyl (C=O) groups excluding carboxylic acids is 2. The minimum Gasteiger partial charge on any atom is -0.508 e. The molecule has 1 amide bonds. The van der Waals surface area contributed by atoms with Crippen LogP contribution in [0.5, 0.6) is 11.5 Å². The second-order valence-corrected chi connectivity index (χ2v) is 8.12. The zero-order valence-corrected chi connectivity index (χ0v) is 18.6. The van der Waals surface area contributed by atoms with Gasteiger partial charge in [0.1, 0.15) is 17.3 Å². The van der Waals surface area contributed by atoms with Crippen molar-refractivity contribution >= 4 is 17.4 Å². The van der Waals surface area contributed by atoms with Gasteiger partial charge in [0, 0.05) is 31.7 Å². The monoisotopic (exact) mass is 452 g/mol. The highest BCUT2D eigenvalue weighted by Crippen LogP contribution is 2.40. The molecule has 2 aromatic rings. The van der Waals surface area contributed by atoms with Crippen molar-refractivity contribution in [2.75, 3.05) is 46.5 Å². The summed E-state index contributed by atoms with van der Waals surface area (Å²) in [5.74, 6) is -1.00. The number of Topliss-reactive ketones (excluding diaryl/α,β-unsaturated/α-hetero) is 1. The summed E-state index contributed by atoms with van der Waals surface area (Å²) in [6.07, 6.45) is 0.672. The van der Waals surface area contributed by atoms with Crippen molar-refractivity contribution in [2.24, 2.45) is 0 Å². The zero-order chi connectivity index (χ0) is 23.4. The van der Waals surface area contributed by atoms with E-state index in [2.05, 4.69) is 4.90 Å². The second kappa shape index (κ2) is 10.1. The quantitative estimate of drug-likeness (QED) is 0.378. The fourth-order valence-electron chi connectivity index (χ4n) is 4.35. The third-order valence-electron chi connectivity index (χ3n) is 6.07. The molecular weight excluding hydrogens is 424 g/mol. The van der Waals surface area contributed by atoms with Gasteiger partial charge in [-0.2, -0.15) is 0 Å². The van der Waals surface area contributed by atoms with Gasteiger partial charge in [0.25, 0.3) is 11.7 Å². The summed E-state index contributed by atoms with van der Waals surface area (Å²) in [5, 5.41) is 21.1. The lowest BCUT2D eigenvalue weighted by Gasteiger charge is -2.29. The lowest BCUT2D eigenvalue weighted by molar-refractivity contribution is -0.140. The van der Waals surface area contributed by atoms with E-state index in [1.807, 2.05) is 0 Å². The van der Waals surface area contributed by atoms with Gasteiger partial charge in [0.05, 0.1) is 31.9 Å². The number of nitrogens with zero attached hydrogens (tertiary/aromatic N) is 2. The van der Waals surface area contributed by atoms with E-state index in [1.54, 1.807) is 43.5 Å². The Hall–Kier alpha value is -3.36. The summed E-state index contributed by atoms with van der Waals surface area (Å²) in [7, 11) is 1.54. The molecule has 1 unspecified atom stereocenters. The van der Waals surface area contributed by atoms with Gasteiger partial charge in [0.15, 0.2) is 0 Å². The van der Waals surface area contributed by atoms with Gasteiger partial charge >= 0.3 is 0 Å². The van der Waals surface area contributed by atoms with E-state index in [0.717, 1.165) is 19.6 Å². The number of aliphatic hydroxyl groups excluding tert-OH is 1. The molecule has 2 N–H and O–H groups in total. The molecule has 0 aromatic heterocycles. The molecule has 0 radical (unpaired) electrons. The second-order valence-electron chi connectivity index (χ2n) is 8.12. The molecule has 0 saturated carbocycles. The summed E-state index contributed by atoms with van der Waals surface area (Å²) in [6, 6.07) is 12.3. The molecule has 2 saturated heterocycles. The van der Waals surface area contributed by atoms with Crippen molar-refractivity contribution in [1.82, 2.24) is 9.80 Å². The molecule has 0 spiro atoms. The van der Waals surface area contributed by atoms with Crippen LogP contribution < -0.4 is 4.74 Å². The van der Waals surface area contributed by atoms with Crippen LogP contribution in [-0.2, 0) is 14.3 Å². The van der Waals surface area contributed by atoms with Crippen molar-refractivity contribution in [3.8, 4) is 11.5 Å². The van der Waals surface area contributed by atoms with E-state index in [4.69, 9.17) is 9.47 Å². The average Bonchev–Trinajstić information content (AvgIpc) is 3.09. The number of ketones is 1. The minimum atomic E-state index is -0.788. The predicted octanol–water partition coefficient (Wildman–Crippen LogP) is 2.54. The first kappa shape index (κ1) is 22.8. The average molecular weight is 453 g/mol. The Balaban J connectivity index is 1.66. The maximum Gasteiger partial charge on any atom is 0.295 e. The molecular formula is C25H28N2O6. The number of amides is 1. The molecule has 4 rings (SSSR count). The first-order chi connectivity index (χ1) is 16.0. The highest BCUT2D eigenvalue weighted by atomic mass is 16.5. The van der Waals surface area contributed by atoms with Crippen molar-refractivity contribution in [2.45, 2.75) is 12.5 Å². The molecule has 0 bridgehead atoms. The van der Waals surface area contributed by atoms with Crippen LogP contribution in [0.25, 0.3) is 5.76 Å². The van der Waals surface area contributed by atoms with E-state index in [9.17, 15) is 19.8 Å². The molecule has 0 aliphatic carbocycles. The van der Waals surface area contributed by atoms with Crippen LogP contribution in [0.2, 0.25) is 0 Å². The molecule has 174 valence electrons. The van der Waals surface area contributed by atoms with E-state index >= 15 is 0 Å². The van der Waals surface area contributed by atoms with Crippen molar-refractivity contribution in [3.63, 3.8) is 0 Å². The van der Waals surface area contributed by atoms with Crippen LogP contribution in [0.1, 0.15) is 23.6 Å². The Morgan fingerprint density at radius 2 is 1.82 bits per heavy atom. The summed E-state index contributed by atoms with van der Waals surface area (Å²) in [6.45, 7) is 4.18. The van der Waals surface area contributed by atoms with E-state index in [0.29, 0.717) is 43.1 Å². The van der Waals surface area contributed by atoms with Crippen LogP contribution in [0.15, 0.2) is 54.1 Å². The third kappa shape index (κ3) is 4.86. The van der Waals surface area contributed by atoms with Crippen LogP contribution >= 0.6 is 0 Å². The minimum absolute atomic E-state index is 0.0159. The molecule has 2 heterocycles. The highest BCUT2D eigenvalue weighted by Gasteiger charge is 2.45. The number of methoxy groups -OCH3 is 1. The first-order valence-electron chi connectivity index (χ1n) is 11.0. The number of phenolic OH excluding ortho intramolecular Hbond substituents is 1. The molecule has 2 aliphatic heterocycles. The van der Waals surface area contributed by atoms with Gasteiger partial charge in [-0.05, 0) is 48.4 Å². The maximum atomic E-state index is 13.1. The molecule has 33 heavy (non-hydrogen) atoms. The van der Waals surface area contributed by atoms with Crippen LogP contribution in [0.3, 0.4) is 0 Å². The number of ether oxygens (including phenoxy) is 2. The molecule has 1 atom stereocenters. The number of benzene rings is 2. The van der Waals surface area contributed by atoms with Crippen LogP contribution in [0.4, 0.5) is 0 Å². The number of aliphatic hydroxyl groups is 1. The summed E-state index contributed by atoms with van der Waals surface area (Å²) >= 11 is 0. The lowest BCUT2D eigenvalue weighted by atomic mass is 9.95. The van der Waals surface area contributed by atoms with E-state index < -0.39 is 17.7 Å². The molecule has 2 fully saturated rings. The Labute approximate surface area is 192 Å². The maximum absolute atomic E-state index is 13.1. The summed E-state index contributed by atoms with van der Waals surface area (Å²) in [5.41, 5.74) is 0.991. The van der Waals surface area contributed by atoms with E-state index in [-0.39, 0.29) is 17.1 Å². The normalized spacial score (nSPS) is 20.9. The smallest absolute Gasteiger partial charge is 0.295 e. The first-order valence-corrected chi connectivity index (χ1v) is 11.0. The number of carbonyl (C=O) groups is 2. The Bertz CT molecular complexity index is 1040. The van der Waals surface area contributed by atoms with Gasteiger partial charge < -0.3 is 24.6 Å². The summed E-state index contributed by atoms with van der Waals surface area (Å²) < 4.78 is 10.5. The largest absolute Gasteiger partial charge is 0.508 e. The van der Waals surface area contributed by atoms with Gasteiger partial charge in [-0.15, -0.1) is 0 Å². The topological polar surface area (TPSA) is 99.5 Å². The molecule has 8 nitrogen and oxygen atoms in total. The summed E-state index contributed by atoms with van der Waals surface area (Å²) in [4.78, 5) is 29.8. The SMILES string of the molecule is COc1ccc(C(O)=C2C(=O)C(=O)N(CCCN3CCOCC3)C2c2cccc(O)c2)cc1. The Kier molecular flexibility index (Phi) is 6.96. The van der Waals surface area contributed by atoms with Crippen molar-refractivity contribution in [3.05, 3.63) is 65.2 Å². The number of likely N-dealkylation sites (tertiary alicyclic amines) is 1. The number of hydrogen-bond donors (Lipinski definition) is 2. The fraction of sp³-hybridized carbons (Fsp3) is 0.360.